The van der Waals surface area contributed by atoms with Gasteiger partial charge in [-0.1, -0.05) is 12.2 Å². The van der Waals surface area contributed by atoms with Crippen molar-refractivity contribution in [1.29, 1.82) is 0 Å². The molecule has 0 saturated carbocycles. The first-order valence-corrected chi connectivity index (χ1v) is 2.75. The molecule has 0 aliphatic carbocycles. The van der Waals surface area contributed by atoms with E-state index >= 15 is 0 Å². The monoisotopic (exact) mass is 125 g/mol. The van der Waals surface area contributed by atoms with Crippen molar-refractivity contribution < 1.29 is 0 Å². The third-order valence-corrected chi connectivity index (χ3v) is 0.897. The van der Waals surface area contributed by atoms with Crippen LogP contribution in [0.15, 0.2) is 12.1 Å². The Hall–Kier alpha value is -0.305. The second-order valence-electron chi connectivity index (χ2n) is 1.62. The average molecular weight is 125 g/mol. The van der Waals surface area contributed by atoms with E-state index in [1.807, 2.05) is 0 Å². The van der Waals surface area contributed by atoms with Crippen LogP contribution in [0.3, 0.4) is 0 Å². The Kier molecular flexibility index (Phi) is 3.53. The smallest absolute Gasteiger partial charge is 0.106 e. The maximum absolute atomic E-state index is 5.23. The predicted molar refractivity (Wildman–Crippen MR) is 40.9 cm³/mol. The highest BCUT2D eigenvalue weighted by atomic mass is 32.1. The summed E-state index contributed by atoms with van der Waals surface area (Å²) in [6, 6.07) is 0. The third kappa shape index (κ3) is 5.69. The lowest BCUT2D eigenvalue weighted by atomic mass is 9.93. The molecule has 2 N–H and O–H groups in total. The highest BCUT2D eigenvalue weighted by Crippen LogP contribution is 1.95. The van der Waals surface area contributed by atoms with E-state index in [9.17, 15) is 0 Å². The first-order chi connectivity index (χ1) is 3.63. The lowest BCUT2D eigenvalue weighted by molar-refractivity contribution is 1.08. The number of thiocarbonyl (C=S) groups is 1. The van der Waals surface area contributed by atoms with Gasteiger partial charge in [0.15, 0.2) is 0 Å². The summed E-state index contributed by atoms with van der Waals surface area (Å²) < 4.78 is 0. The van der Waals surface area contributed by atoms with Gasteiger partial charge < -0.3 is 5.73 Å². The minimum atomic E-state index is 0.497. The molecule has 0 aromatic rings. The zero-order valence-electron chi connectivity index (χ0n) is 4.68. The Labute approximate surface area is 56.4 Å². The summed E-state index contributed by atoms with van der Waals surface area (Å²) in [6.07, 6.45) is 1.38. The normalized spacial score (nSPS) is 8.50. The second-order valence-corrected chi connectivity index (χ2v) is 2.15. The van der Waals surface area contributed by atoms with Crippen molar-refractivity contribution in [1.82, 2.24) is 0 Å². The first kappa shape index (κ1) is 7.69. The molecule has 0 aromatic heterocycles. The fourth-order valence-electron chi connectivity index (χ4n) is 0.284. The van der Waals surface area contributed by atoms with Crippen LogP contribution in [0.4, 0.5) is 0 Å². The molecule has 0 amide bonds. The van der Waals surface area contributed by atoms with Crippen molar-refractivity contribution in [2.45, 2.75) is 12.8 Å². The molecule has 3 heteroatoms. The van der Waals surface area contributed by atoms with Gasteiger partial charge in [0.1, 0.15) is 7.85 Å². The zero-order valence-corrected chi connectivity index (χ0v) is 5.50. The third-order valence-electron chi connectivity index (χ3n) is 0.693. The number of hydrogen-bond donors (Lipinski definition) is 1. The Bertz CT molecular complexity index is 97.0. The van der Waals surface area contributed by atoms with Crippen molar-refractivity contribution in [3.05, 3.63) is 12.1 Å². The van der Waals surface area contributed by atoms with Crippen molar-refractivity contribution >= 4 is 25.1 Å². The van der Waals surface area contributed by atoms with Gasteiger partial charge in [0.25, 0.3) is 0 Å². The van der Waals surface area contributed by atoms with Gasteiger partial charge in [0.05, 0.1) is 4.99 Å². The molecule has 0 atom stereocenters. The van der Waals surface area contributed by atoms with Gasteiger partial charge in [0, 0.05) is 6.42 Å². The number of hydrogen-bond acceptors (Lipinski definition) is 1. The fraction of sp³-hybridized carbons (Fsp3) is 0.400. The van der Waals surface area contributed by atoms with Gasteiger partial charge in [-0.2, -0.15) is 0 Å². The van der Waals surface area contributed by atoms with E-state index < -0.39 is 0 Å². The fourth-order valence-corrected chi connectivity index (χ4v) is 0.386. The molecular formula is C5H8BNS. The molecule has 42 valence electrons. The largest absolute Gasteiger partial charge is 0.393 e. The van der Waals surface area contributed by atoms with E-state index in [1.54, 1.807) is 0 Å². The van der Waals surface area contributed by atoms with Crippen LogP contribution in [0.25, 0.3) is 0 Å². The summed E-state index contributed by atoms with van der Waals surface area (Å²) in [5.74, 6) is 0. The molecular weight excluding hydrogens is 117 g/mol. The maximum atomic E-state index is 5.23. The maximum Gasteiger partial charge on any atom is 0.106 e. The number of allylic oxidation sites excluding steroid dienone is 1. The van der Waals surface area contributed by atoms with Gasteiger partial charge in [-0.25, -0.2) is 0 Å². The lowest BCUT2D eigenvalue weighted by Crippen LogP contribution is -2.07. The Balaban J connectivity index is 3.18. The SMILES string of the molecule is [B]C(=C)CCC(N)=S. The van der Waals surface area contributed by atoms with Gasteiger partial charge in [-0.05, 0) is 6.42 Å². The minimum Gasteiger partial charge on any atom is -0.393 e. The van der Waals surface area contributed by atoms with Crippen LogP contribution in [-0.4, -0.2) is 12.8 Å². The molecule has 0 fully saturated rings. The molecule has 0 rings (SSSR count). The summed E-state index contributed by atoms with van der Waals surface area (Å²) in [5, 5.41) is 0. The molecule has 1 nitrogen and oxygen atoms in total. The Morgan fingerprint density at radius 2 is 2.12 bits per heavy atom. The molecule has 0 aliphatic heterocycles. The summed E-state index contributed by atoms with van der Waals surface area (Å²) in [5.41, 5.74) is 5.81. The summed E-state index contributed by atoms with van der Waals surface area (Å²) in [4.78, 5) is 0.497. The van der Waals surface area contributed by atoms with E-state index in [0.29, 0.717) is 23.3 Å². The average Bonchev–Trinajstić information content (AvgIpc) is 1.61. The molecule has 0 saturated heterocycles. The standard InChI is InChI=1S/C5H8BNS/c1-4(6)2-3-5(7)8/h1-3H2,(H2,7,8). The van der Waals surface area contributed by atoms with Crippen molar-refractivity contribution in [3.8, 4) is 0 Å². The molecule has 0 spiro atoms. The van der Waals surface area contributed by atoms with Crippen LogP contribution in [0.1, 0.15) is 12.8 Å². The van der Waals surface area contributed by atoms with E-state index in [1.165, 1.54) is 0 Å². The van der Waals surface area contributed by atoms with Crippen LogP contribution in [-0.2, 0) is 0 Å². The molecule has 0 heterocycles. The number of rotatable bonds is 3. The molecule has 0 unspecified atom stereocenters. The number of nitrogens with two attached hydrogens (primary N) is 1. The quantitative estimate of drug-likeness (QED) is 0.444. The van der Waals surface area contributed by atoms with Crippen molar-refractivity contribution in [3.63, 3.8) is 0 Å². The molecule has 2 radical (unpaired) electrons. The summed E-state index contributed by atoms with van der Waals surface area (Å²) in [7, 11) is 5.23. The van der Waals surface area contributed by atoms with Crippen LogP contribution in [0, 0.1) is 0 Å². The minimum absolute atomic E-state index is 0.497. The van der Waals surface area contributed by atoms with Crippen LogP contribution < -0.4 is 5.73 Å². The van der Waals surface area contributed by atoms with Gasteiger partial charge in [-0.3, -0.25) is 0 Å². The summed E-state index contributed by atoms with van der Waals surface area (Å²) in [6.45, 7) is 3.49. The van der Waals surface area contributed by atoms with Gasteiger partial charge in [0.2, 0.25) is 0 Å². The Morgan fingerprint density at radius 1 is 1.62 bits per heavy atom. The van der Waals surface area contributed by atoms with E-state index in [4.69, 9.17) is 13.6 Å². The van der Waals surface area contributed by atoms with Crippen LogP contribution in [0.2, 0.25) is 0 Å². The lowest BCUT2D eigenvalue weighted by Gasteiger charge is -1.94. The van der Waals surface area contributed by atoms with E-state index in [-0.39, 0.29) is 0 Å². The topological polar surface area (TPSA) is 26.0 Å². The summed E-state index contributed by atoms with van der Waals surface area (Å²) >= 11 is 4.60. The predicted octanol–water partition coefficient (Wildman–Crippen LogP) is 0.735. The molecule has 0 aromatic carbocycles. The van der Waals surface area contributed by atoms with Gasteiger partial charge >= 0.3 is 0 Å². The van der Waals surface area contributed by atoms with Gasteiger partial charge in [-0.15, -0.1) is 12.1 Å². The second kappa shape index (κ2) is 3.67. The van der Waals surface area contributed by atoms with Crippen molar-refractivity contribution in [2.75, 3.05) is 0 Å². The molecule has 8 heavy (non-hydrogen) atoms. The highest BCUT2D eigenvalue weighted by Gasteiger charge is 1.87. The Morgan fingerprint density at radius 3 is 2.25 bits per heavy atom. The first-order valence-electron chi connectivity index (χ1n) is 2.34. The molecule has 0 aliphatic rings. The van der Waals surface area contributed by atoms with Crippen LogP contribution in [0.5, 0.6) is 0 Å². The van der Waals surface area contributed by atoms with Crippen molar-refractivity contribution in [2.24, 2.45) is 5.73 Å². The molecule has 0 bridgehead atoms. The zero-order chi connectivity index (χ0) is 6.57. The van der Waals surface area contributed by atoms with Crippen LogP contribution >= 0.6 is 12.2 Å². The highest BCUT2D eigenvalue weighted by molar-refractivity contribution is 7.80. The van der Waals surface area contributed by atoms with E-state index in [0.717, 1.165) is 0 Å². The van der Waals surface area contributed by atoms with E-state index in [2.05, 4.69) is 18.8 Å².